The summed E-state index contributed by atoms with van der Waals surface area (Å²) in [6.45, 7) is 2.55. The monoisotopic (exact) mass is 362 g/mol. The Morgan fingerprint density at radius 1 is 1.37 bits per heavy atom. The number of phenolic OH excluding ortho intramolecular Hbond substituents is 1. The number of fused-ring (bicyclic) bond motifs is 1. The Kier molecular flexibility index (Phi) is 4.59. The number of aromatic nitrogens is 2. The van der Waals surface area contributed by atoms with Gasteiger partial charge >= 0.3 is 0 Å². The zero-order valence-electron chi connectivity index (χ0n) is 14.8. The standard InChI is InChI=1S/C20H18N4O3/c1-2-26-23-17-8-7-14-15(17)4-3-5-16(14)19-22-20(27-24-19)12-6-9-18(25)13(10-12)11-21/h3-6,9-10,17,23,25H,2,7-8H2,1H3. The van der Waals surface area contributed by atoms with Crippen LogP contribution in [0.15, 0.2) is 40.9 Å². The van der Waals surface area contributed by atoms with Gasteiger partial charge in [0.05, 0.1) is 18.2 Å². The zero-order chi connectivity index (χ0) is 18.8. The van der Waals surface area contributed by atoms with E-state index in [2.05, 4.69) is 21.7 Å². The van der Waals surface area contributed by atoms with Gasteiger partial charge in [0, 0.05) is 11.1 Å². The van der Waals surface area contributed by atoms with Crippen molar-refractivity contribution in [3.8, 4) is 34.7 Å². The van der Waals surface area contributed by atoms with Gasteiger partial charge in [0.15, 0.2) is 0 Å². The topological polar surface area (TPSA) is 104 Å². The van der Waals surface area contributed by atoms with E-state index in [9.17, 15) is 5.11 Å². The number of hydrogen-bond acceptors (Lipinski definition) is 7. The molecule has 7 nitrogen and oxygen atoms in total. The minimum atomic E-state index is -0.0743. The number of rotatable bonds is 5. The van der Waals surface area contributed by atoms with Crippen molar-refractivity contribution in [2.24, 2.45) is 0 Å². The lowest BCUT2D eigenvalue weighted by Crippen LogP contribution is -2.19. The van der Waals surface area contributed by atoms with Crippen LogP contribution in [0.25, 0.3) is 22.8 Å². The second-order valence-corrected chi connectivity index (χ2v) is 6.28. The third kappa shape index (κ3) is 3.16. The highest BCUT2D eigenvalue weighted by Crippen LogP contribution is 2.37. The zero-order valence-corrected chi connectivity index (χ0v) is 14.8. The van der Waals surface area contributed by atoms with Crippen molar-refractivity contribution in [2.45, 2.75) is 25.8 Å². The SMILES string of the molecule is CCONC1CCc2c(-c3noc(-c4ccc(O)c(C#N)c4)n3)cccc21. The van der Waals surface area contributed by atoms with Gasteiger partial charge in [0.1, 0.15) is 11.8 Å². The number of nitriles is 1. The molecule has 0 saturated carbocycles. The molecule has 4 rings (SSSR count). The van der Waals surface area contributed by atoms with Crippen molar-refractivity contribution in [1.82, 2.24) is 15.6 Å². The van der Waals surface area contributed by atoms with Crippen molar-refractivity contribution >= 4 is 0 Å². The van der Waals surface area contributed by atoms with Gasteiger partial charge in [-0.1, -0.05) is 23.4 Å². The molecule has 7 heteroatoms. The highest BCUT2D eigenvalue weighted by atomic mass is 16.6. The van der Waals surface area contributed by atoms with Crippen molar-refractivity contribution in [1.29, 1.82) is 5.26 Å². The average Bonchev–Trinajstić information content (AvgIpc) is 3.34. The van der Waals surface area contributed by atoms with Gasteiger partial charge in [-0.15, -0.1) is 0 Å². The maximum Gasteiger partial charge on any atom is 0.258 e. The fourth-order valence-electron chi connectivity index (χ4n) is 3.38. The van der Waals surface area contributed by atoms with Crippen LogP contribution in [0.4, 0.5) is 0 Å². The van der Waals surface area contributed by atoms with E-state index in [-0.39, 0.29) is 17.4 Å². The lowest BCUT2D eigenvalue weighted by Gasteiger charge is -2.13. The molecule has 2 N–H and O–H groups in total. The molecule has 3 aromatic rings. The minimum Gasteiger partial charge on any atom is -0.507 e. The van der Waals surface area contributed by atoms with Gasteiger partial charge in [-0.25, -0.2) is 0 Å². The van der Waals surface area contributed by atoms with E-state index in [0.29, 0.717) is 23.9 Å². The molecule has 27 heavy (non-hydrogen) atoms. The molecule has 1 heterocycles. The van der Waals surface area contributed by atoms with Crippen LogP contribution in [0.1, 0.15) is 36.1 Å². The molecule has 1 aliphatic rings. The third-order valence-electron chi connectivity index (χ3n) is 4.67. The van der Waals surface area contributed by atoms with Gasteiger partial charge in [-0.3, -0.25) is 0 Å². The van der Waals surface area contributed by atoms with Crippen LogP contribution in [-0.4, -0.2) is 21.9 Å². The summed E-state index contributed by atoms with van der Waals surface area (Å²) in [6.07, 6.45) is 1.85. The summed E-state index contributed by atoms with van der Waals surface area (Å²) >= 11 is 0. The normalized spacial score (nSPS) is 15.5. The van der Waals surface area contributed by atoms with E-state index < -0.39 is 0 Å². The quantitative estimate of drug-likeness (QED) is 0.669. The molecule has 1 atom stereocenters. The number of phenols is 1. The Bertz CT molecular complexity index is 1020. The van der Waals surface area contributed by atoms with E-state index in [0.717, 1.165) is 18.4 Å². The summed E-state index contributed by atoms with van der Waals surface area (Å²) in [6, 6.07) is 12.8. The fourth-order valence-corrected chi connectivity index (χ4v) is 3.38. The number of nitrogens with one attached hydrogen (secondary N) is 1. The summed E-state index contributed by atoms with van der Waals surface area (Å²) in [5.41, 5.74) is 7.15. The molecule has 0 bridgehead atoms. The average molecular weight is 362 g/mol. The van der Waals surface area contributed by atoms with Gasteiger partial charge in [0.25, 0.3) is 5.89 Å². The maximum atomic E-state index is 9.65. The summed E-state index contributed by atoms with van der Waals surface area (Å²) in [5.74, 6) is 0.737. The second kappa shape index (κ2) is 7.19. The Morgan fingerprint density at radius 2 is 2.26 bits per heavy atom. The van der Waals surface area contributed by atoms with Crippen molar-refractivity contribution in [3.05, 3.63) is 53.1 Å². The number of aromatic hydroxyl groups is 1. The molecule has 0 saturated heterocycles. The molecule has 2 aromatic carbocycles. The number of nitrogens with zero attached hydrogens (tertiary/aromatic N) is 3. The van der Waals surface area contributed by atoms with Crippen LogP contribution < -0.4 is 5.48 Å². The maximum absolute atomic E-state index is 9.65. The van der Waals surface area contributed by atoms with Gasteiger partial charge < -0.3 is 14.5 Å². The fraction of sp³-hybridized carbons (Fsp3) is 0.250. The van der Waals surface area contributed by atoms with Crippen LogP contribution in [-0.2, 0) is 11.3 Å². The molecule has 0 fully saturated rings. The smallest absolute Gasteiger partial charge is 0.258 e. The predicted octanol–water partition coefficient (Wildman–Crippen LogP) is 3.51. The summed E-state index contributed by atoms with van der Waals surface area (Å²) in [7, 11) is 0. The van der Waals surface area contributed by atoms with E-state index in [1.54, 1.807) is 6.07 Å². The highest BCUT2D eigenvalue weighted by Gasteiger charge is 2.26. The molecular formula is C20H18N4O3. The van der Waals surface area contributed by atoms with Crippen LogP contribution in [0, 0.1) is 11.3 Å². The molecule has 0 amide bonds. The molecule has 1 unspecified atom stereocenters. The number of hydrogen-bond donors (Lipinski definition) is 2. The summed E-state index contributed by atoms with van der Waals surface area (Å²) in [5, 5.41) is 22.8. The first kappa shape index (κ1) is 17.2. The molecule has 136 valence electrons. The van der Waals surface area contributed by atoms with Crippen molar-refractivity contribution in [3.63, 3.8) is 0 Å². The molecule has 1 aromatic heterocycles. The first-order valence-corrected chi connectivity index (χ1v) is 8.78. The Hall–Kier alpha value is -3.21. The molecule has 0 radical (unpaired) electrons. The van der Waals surface area contributed by atoms with Crippen LogP contribution in [0.3, 0.4) is 0 Å². The van der Waals surface area contributed by atoms with E-state index in [1.165, 1.54) is 23.3 Å². The summed E-state index contributed by atoms with van der Waals surface area (Å²) < 4.78 is 5.40. The first-order chi connectivity index (χ1) is 13.2. The Morgan fingerprint density at radius 3 is 3.07 bits per heavy atom. The third-order valence-corrected chi connectivity index (χ3v) is 4.67. The van der Waals surface area contributed by atoms with Gasteiger partial charge in [-0.05, 0) is 49.1 Å². The number of hydroxylamine groups is 1. The molecule has 0 aliphatic heterocycles. The summed E-state index contributed by atoms with van der Waals surface area (Å²) in [4.78, 5) is 9.87. The van der Waals surface area contributed by atoms with Gasteiger partial charge in [0.2, 0.25) is 5.82 Å². The molecule has 1 aliphatic carbocycles. The molecule has 0 spiro atoms. The predicted molar refractivity (Wildman–Crippen MR) is 97.4 cm³/mol. The second-order valence-electron chi connectivity index (χ2n) is 6.28. The van der Waals surface area contributed by atoms with Crippen molar-refractivity contribution in [2.75, 3.05) is 6.61 Å². The highest BCUT2D eigenvalue weighted by molar-refractivity contribution is 5.67. The largest absolute Gasteiger partial charge is 0.507 e. The molecular weight excluding hydrogens is 344 g/mol. The lowest BCUT2D eigenvalue weighted by atomic mass is 10.0. The van der Waals surface area contributed by atoms with Crippen LogP contribution in [0.2, 0.25) is 0 Å². The van der Waals surface area contributed by atoms with Gasteiger partial charge in [-0.2, -0.15) is 15.7 Å². The first-order valence-electron chi connectivity index (χ1n) is 8.78. The van der Waals surface area contributed by atoms with Crippen LogP contribution in [0.5, 0.6) is 5.75 Å². The van der Waals surface area contributed by atoms with E-state index >= 15 is 0 Å². The van der Waals surface area contributed by atoms with E-state index in [1.807, 2.05) is 25.1 Å². The number of benzene rings is 2. The Labute approximate surface area is 156 Å². The Balaban J connectivity index is 1.67. The van der Waals surface area contributed by atoms with Crippen LogP contribution >= 0.6 is 0 Å². The van der Waals surface area contributed by atoms with E-state index in [4.69, 9.17) is 14.6 Å². The minimum absolute atomic E-state index is 0.0743. The lowest BCUT2D eigenvalue weighted by molar-refractivity contribution is 0.0244. The van der Waals surface area contributed by atoms with Crippen molar-refractivity contribution < 1.29 is 14.5 Å².